The normalized spacial score (nSPS) is 14.4. The summed E-state index contributed by atoms with van der Waals surface area (Å²) in [5.41, 5.74) is 10.1. The SMILES string of the molecule is Nc1cc([N+](=O)[O-])ccc1N1CCc2ccccc2CC1. The molecule has 0 unspecified atom stereocenters. The van der Waals surface area contributed by atoms with Gasteiger partial charge in [0.1, 0.15) is 0 Å². The molecule has 5 heteroatoms. The van der Waals surface area contributed by atoms with Gasteiger partial charge in [-0.25, -0.2) is 0 Å². The Balaban J connectivity index is 1.84. The van der Waals surface area contributed by atoms with Gasteiger partial charge in [0, 0.05) is 25.2 Å². The monoisotopic (exact) mass is 283 g/mol. The molecule has 21 heavy (non-hydrogen) atoms. The van der Waals surface area contributed by atoms with Gasteiger partial charge in [-0.05, 0) is 30.0 Å². The van der Waals surface area contributed by atoms with E-state index in [0.717, 1.165) is 31.6 Å². The van der Waals surface area contributed by atoms with Crippen molar-refractivity contribution in [3.8, 4) is 0 Å². The first-order valence-electron chi connectivity index (χ1n) is 7.01. The number of rotatable bonds is 2. The molecule has 0 bridgehead atoms. The summed E-state index contributed by atoms with van der Waals surface area (Å²) in [6, 6.07) is 13.2. The number of fused-ring (bicyclic) bond motifs is 1. The van der Waals surface area contributed by atoms with Gasteiger partial charge in [0.2, 0.25) is 0 Å². The molecular formula is C16H17N3O2. The molecule has 5 nitrogen and oxygen atoms in total. The molecule has 1 aliphatic heterocycles. The Morgan fingerprint density at radius 2 is 1.67 bits per heavy atom. The zero-order valence-corrected chi connectivity index (χ0v) is 11.7. The number of hydrogen-bond donors (Lipinski definition) is 1. The van der Waals surface area contributed by atoms with Gasteiger partial charge in [0.25, 0.3) is 5.69 Å². The molecular weight excluding hydrogens is 266 g/mol. The van der Waals surface area contributed by atoms with Crippen molar-refractivity contribution in [2.24, 2.45) is 0 Å². The summed E-state index contributed by atoms with van der Waals surface area (Å²) >= 11 is 0. The topological polar surface area (TPSA) is 72.4 Å². The summed E-state index contributed by atoms with van der Waals surface area (Å²) < 4.78 is 0. The van der Waals surface area contributed by atoms with Gasteiger partial charge in [-0.15, -0.1) is 0 Å². The quantitative estimate of drug-likeness (QED) is 0.522. The van der Waals surface area contributed by atoms with Crippen LogP contribution >= 0.6 is 0 Å². The van der Waals surface area contributed by atoms with E-state index in [9.17, 15) is 10.1 Å². The summed E-state index contributed by atoms with van der Waals surface area (Å²) in [5.74, 6) is 0. The van der Waals surface area contributed by atoms with Crippen LogP contribution < -0.4 is 10.6 Å². The Hall–Kier alpha value is -2.56. The van der Waals surface area contributed by atoms with Crippen LogP contribution in [0.2, 0.25) is 0 Å². The summed E-state index contributed by atoms with van der Waals surface area (Å²) in [7, 11) is 0. The third kappa shape index (κ3) is 2.67. The zero-order chi connectivity index (χ0) is 14.8. The minimum absolute atomic E-state index is 0.0364. The van der Waals surface area contributed by atoms with Crippen molar-refractivity contribution in [1.82, 2.24) is 0 Å². The first kappa shape index (κ1) is 13.4. The molecule has 2 N–H and O–H groups in total. The molecule has 0 fully saturated rings. The Kier molecular flexibility index (Phi) is 3.48. The highest BCUT2D eigenvalue weighted by Gasteiger charge is 2.17. The van der Waals surface area contributed by atoms with E-state index < -0.39 is 4.92 Å². The van der Waals surface area contributed by atoms with Crippen LogP contribution in [0, 0.1) is 10.1 Å². The molecule has 3 rings (SSSR count). The number of nitro benzene ring substituents is 1. The number of nitrogen functional groups attached to an aromatic ring is 1. The van der Waals surface area contributed by atoms with Crippen molar-refractivity contribution < 1.29 is 4.92 Å². The van der Waals surface area contributed by atoms with Crippen molar-refractivity contribution in [1.29, 1.82) is 0 Å². The standard InChI is InChI=1S/C16H17N3O2/c17-15-11-14(19(20)21)5-6-16(15)18-9-7-12-3-1-2-4-13(12)8-10-18/h1-6,11H,7-10,17H2. The van der Waals surface area contributed by atoms with Crippen molar-refractivity contribution in [2.45, 2.75) is 12.8 Å². The first-order chi connectivity index (χ1) is 10.1. The van der Waals surface area contributed by atoms with Crippen LogP contribution in [0.4, 0.5) is 17.1 Å². The number of nitrogens with two attached hydrogens (primary N) is 1. The Bertz CT molecular complexity index is 658. The van der Waals surface area contributed by atoms with Crippen LogP contribution in [-0.4, -0.2) is 18.0 Å². The lowest BCUT2D eigenvalue weighted by Crippen LogP contribution is -2.26. The van der Waals surface area contributed by atoms with E-state index >= 15 is 0 Å². The van der Waals surface area contributed by atoms with E-state index in [1.807, 2.05) is 0 Å². The number of nitro groups is 1. The molecule has 0 radical (unpaired) electrons. The van der Waals surface area contributed by atoms with E-state index in [0.29, 0.717) is 5.69 Å². The lowest BCUT2D eigenvalue weighted by molar-refractivity contribution is -0.384. The maximum Gasteiger partial charge on any atom is 0.271 e. The van der Waals surface area contributed by atoms with Crippen molar-refractivity contribution in [3.63, 3.8) is 0 Å². The van der Waals surface area contributed by atoms with Crippen molar-refractivity contribution in [2.75, 3.05) is 23.7 Å². The molecule has 0 aliphatic carbocycles. The van der Waals surface area contributed by atoms with Crippen molar-refractivity contribution in [3.05, 3.63) is 63.7 Å². The fourth-order valence-electron chi connectivity index (χ4n) is 2.85. The summed E-state index contributed by atoms with van der Waals surface area (Å²) in [6.45, 7) is 1.75. The van der Waals surface area contributed by atoms with Crippen LogP contribution in [0.1, 0.15) is 11.1 Å². The molecule has 2 aromatic rings. The summed E-state index contributed by atoms with van der Waals surface area (Å²) in [5, 5.41) is 10.8. The van der Waals surface area contributed by atoms with Gasteiger partial charge in [-0.3, -0.25) is 10.1 Å². The van der Waals surface area contributed by atoms with Gasteiger partial charge < -0.3 is 10.6 Å². The molecule has 1 heterocycles. The third-order valence-corrected chi connectivity index (χ3v) is 3.98. The van der Waals surface area contributed by atoms with Gasteiger partial charge in [0.05, 0.1) is 16.3 Å². The van der Waals surface area contributed by atoms with E-state index in [1.54, 1.807) is 6.07 Å². The van der Waals surface area contributed by atoms with Gasteiger partial charge >= 0.3 is 0 Å². The largest absolute Gasteiger partial charge is 0.397 e. The molecule has 0 spiro atoms. The maximum absolute atomic E-state index is 10.8. The molecule has 0 amide bonds. The van der Waals surface area contributed by atoms with Gasteiger partial charge in [0.15, 0.2) is 0 Å². The molecule has 0 saturated heterocycles. The predicted molar refractivity (Wildman–Crippen MR) is 83.6 cm³/mol. The molecule has 1 aliphatic rings. The number of benzene rings is 2. The van der Waals surface area contributed by atoms with Crippen LogP contribution in [0.25, 0.3) is 0 Å². The average molecular weight is 283 g/mol. The predicted octanol–water partition coefficient (Wildman–Crippen LogP) is 2.78. The second-order valence-electron chi connectivity index (χ2n) is 5.26. The third-order valence-electron chi connectivity index (χ3n) is 3.98. The molecule has 2 aromatic carbocycles. The highest BCUT2D eigenvalue weighted by molar-refractivity contribution is 5.71. The second-order valence-corrected chi connectivity index (χ2v) is 5.26. The number of hydrogen-bond acceptors (Lipinski definition) is 4. The summed E-state index contributed by atoms with van der Waals surface area (Å²) in [4.78, 5) is 12.6. The minimum atomic E-state index is -0.418. The molecule has 0 aromatic heterocycles. The Morgan fingerprint density at radius 3 is 2.19 bits per heavy atom. The van der Waals surface area contributed by atoms with Crippen molar-refractivity contribution >= 4 is 17.1 Å². The maximum atomic E-state index is 10.8. The summed E-state index contributed by atoms with van der Waals surface area (Å²) in [6.07, 6.45) is 1.93. The second kappa shape index (κ2) is 5.44. The minimum Gasteiger partial charge on any atom is -0.397 e. The van der Waals surface area contributed by atoms with Crippen LogP contribution in [0.15, 0.2) is 42.5 Å². The highest BCUT2D eigenvalue weighted by Crippen LogP contribution is 2.29. The highest BCUT2D eigenvalue weighted by atomic mass is 16.6. The smallest absolute Gasteiger partial charge is 0.271 e. The van der Waals surface area contributed by atoms with E-state index in [2.05, 4.69) is 29.2 Å². The molecule has 0 atom stereocenters. The number of non-ortho nitro benzene ring substituents is 1. The molecule has 108 valence electrons. The molecule has 0 saturated carbocycles. The fraction of sp³-hybridized carbons (Fsp3) is 0.250. The van der Waals surface area contributed by atoms with Crippen LogP contribution in [0.5, 0.6) is 0 Å². The zero-order valence-electron chi connectivity index (χ0n) is 11.7. The average Bonchev–Trinajstić information content (AvgIpc) is 2.70. The fourth-order valence-corrected chi connectivity index (χ4v) is 2.85. The Morgan fingerprint density at radius 1 is 1.05 bits per heavy atom. The van der Waals surface area contributed by atoms with E-state index in [1.165, 1.54) is 23.3 Å². The lowest BCUT2D eigenvalue weighted by atomic mass is 10.0. The lowest BCUT2D eigenvalue weighted by Gasteiger charge is -2.24. The first-order valence-corrected chi connectivity index (χ1v) is 7.01. The van der Waals surface area contributed by atoms with Gasteiger partial charge in [-0.1, -0.05) is 24.3 Å². The number of nitrogens with zero attached hydrogens (tertiary/aromatic N) is 2. The number of anilines is 2. The van der Waals surface area contributed by atoms with E-state index in [4.69, 9.17) is 5.73 Å². The Labute approximate surface area is 123 Å². The van der Waals surface area contributed by atoms with Crippen LogP contribution in [0.3, 0.4) is 0 Å². The van der Waals surface area contributed by atoms with Crippen LogP contribution in [-0.2, 0) is 12.8 Å². The van der Waals surface area contributed by atoms with Gasteiger partial charge in [-0.2, -0.15) is 0 Å². The van der Waals surface area contributed by atoms with E-state index in [-0.39, 0.29) is 5.69 Å².